The van der Waals surface area contributed by atoms with Crippen LogP contribution in [0.25, 0.3) is 0 Å². The van der Waals surface area contributed by atoms with E-state index in [-0.39, 0.29) is 49.3 Å². The van der Waals surface area contributed by atoms with Crippen LogP contribution >= 0.6 is 0 Å². The van der Waals surface area contributed by atoms with Crippen molar-refractivity contribution in [2.75, 3.05) is 20.6 Å². The highest BCUT2D eigenvalue weighted by atomic mass is 16.5. The Kier molecular flexibility index (Phi) is 16.5. The second-order valence-corrected chi connectivity index (χ2v) is 12.3. The van der Waals surface area contributed by atoms with E-state index in [2.05, 4.69) is 16.0 Å². The fraction of sp³-hybridized carbons (Fsp3) is 0.656. The van der Waals surface area contributed by atoms with Crippen LogP contribution in [-0.2, 0) is 35.1 Å². The van der Waals surface area contributed by atoms with Gasteiger partial charge in [-0.05, 0) is 49.6 Å². The van der Waals surface area contributed by atoms with E-state index in [0.29, 0.717) is 13.0 Å². The molecule has 0 unspecified atom stereocenters. The first-order valence-electron chi connectivity index (χ1n) is 15.1. The number of carboxylic acid groups (broad SMARTS) is 1. The Morgan fingerprint density at radius 3 is 1.91 bits per heavy atom. The number of nitrogens with zero attached hydrogens (tertiary/aromatic N) is 1. The van der Waals surface area contributed by atoms with E-state index in [4.69, 9.17) is 4.74 Å². The van der Waals surface area contributed by atoms with Crippen LogP contribution in [0.1, 0.15) is 72.8 Å². The van der Waals surface area contributed by atoms with Crippen molar-refractivity contribution < 1.29 is 33.8 Å². The second-order valence-electron chi connectivity index (χ2n) is 12.3. The highest BCUT2D eigenvalue weighted by Crippen LogP contribution is 2.18. The number of esters is 1. The molecule has 0 saturated carbocycles. The van der Waals surface area contributed by atoms with Gasteiger partial charge >= 0.3 is 11.9 Å². The first kappa shape index (κ1) is 37.6. The van der Waals surface area contributed by atoms with Gasteiger partial charge < -0.3 is 30.7 Å². The van der Waals surface area contributed by atoms with Crippen LogP contribution in [0.3, 0.4) is 0 Å². The first-order valence-corrected chi connectivity index (χ1v) is 15.1. The molecule has 0 heterocycles. The molecule has 11 heteroatoms. The summed E-state index contributed by atoms with van der Waals surface area (Å²) < 4.78 is 5.75. The molecule has 3 amide bonds. The van der Waals surface area contributed by atoms with Gasteiger partial charge in [0.25, 0.3) is 5.91 Å². The summed E-state index contributed by atoms with van der Waals surface area (Å²) in [6, 6.07) is 5.90. The van der Waals surface area contributed by atoms with E-state index in [1.54, 1.807) is 31.3 Å². The van der Waals surface area contributed by atoms with Gasteiger partial charge in [-0.25, -0.2) is 9.59 Å². The lowest BCUT2D eigenvalue weighted by atomic mass is 10.00. The number of likely N-dealkylation sites (N-methyl/N-ethyl adjacent to an activating group) is 1. The molecule has 11 nitrogen and oxygen atoms in total. The lowest BCUT2D eigenvalue weighted by molar-refractivity contribution is -0.166. The van der Waals surface area contributed by atoms with Crippen molar-refractivity contribution in [1.82, 2.24) is 20.9 Å². The van der Waals surface area contributed by atoms with Crippen LogP contribution in [0.2, 0.25) is 0 Å². The fourth-order valence-electron chi connectivity index (χ4n) is 4.62. The topological polar surface area (TPSA) is 154 Å². The van der Waals surface area contributed by atoms with Crippen molar-refractivity contribution in [2.24, 2.45) is 17.8 Å². The highest BCUT2D eigenvalue weighted by molar-refractivity contribution is 5.92. The van der Waals surface area contributed by atoms with Crippen molar-refractivity contribution >= 4 is 29.7 Å². The molecule has 43 heavy (non-hydrogen) atoms. The number of aliphatic carboxylic acids is 1. The van der Waals surface area contributed by atoms with Crippen molar-refractivity contribution in [3.8, 4) is 0 Å². The van der Waals surface area contributed by atoms with Crippen LogP contribution < -0.4 is 16.0 Å². The third-order valence-electron chi connectivity index (χ3n) is 6.86. The minimum Gasteiger partial charge on any atom is -0.480 e. The highest BCUT2D eigenvalue weighted by Gasteiger charge is 2.36. The Hall–Kier alpha value is -3.47. The molecule has 1 rings (SSSR count). The number of carbonyl (C=O) groups is 5. The predicted molar refractivity (Wildman–Crippen MR) is 165 cm³/mol. The first-order chi connectivity index (χ1) is 20.2. The smallest absolute Gasteiger partial charge is 0.329 e. The van der Waals surface area contributed by atoms with Crippen LogP contribution in [0.4, 0.5) is 0 Å². The SMILES string of the molecule is CNCCC(=O)N[C@H](CC(C)C)C(=O)N[C@@H](CC(C)C)C(=O)O[C@@H](CC(C)C)C(=O)N(C)[C@@H](Cc1ccccc1)C(=O)O. The third-order valence-corrected chi connectivity index (χ3v) is 6.86. The van der Waals surface area contributed by atoms with Crippen LogP contribution in [0.15, 0.2) is 30.3 Å². The lowest BCUT2D eigenvalue weighted by Gasteiger charge is -2.31. The number of benzene rings is 1. The molecule has 4 atom stereocenters. The second kappa shape index (κ2) is 18.9. The van der Waals surface area contributed by atoms with Gasteiger partial charge in [0, 0.05) is 26.4 Å². The molecule has 1 aromatic carbocycles. The quantitative estimate of drug-likeness (QED) is 0.176. The number of hydrogen-bond donors (Lipinski definition) is 4. The number of nitrogens with one attached hydrogen (secondary N) is 3. The molecule has 0 saturated heterocycles. The number of carbonyl (C=O) groups excluding carboxylic acids is 4. The molecule has 1 aromatic rings. The van der Waals surface area contributed by atoms with Gasteiger partial charge in [0.1, 0.15) is 18.1 Å². The maximum absolute atomic E-state index is 13.6. The predicted octanol–water partition coefficient (Wildman–Crippen LogP) is 2.77. The largest absolute Gasteiger partial charge is 0.480 e. The Labute approximate surface area is 256 Å². The minimum absolute atomic E-state index is 0.00388. The van der Waals surface area contributed by atoms with Crippen molar-refractivity contribution in [2.45, 2.75) is 97.9 Å². The molecule has 0 fully saturated rings. The van der Waals surface area contributed by atoms with Gasteiger partial charge in [0.15, 0.2) is 6.10 Å². The lowest BCUT2D eigenvalue weighted by Crippen LogP contribution is -2.54. The summed E-state index contributed by atoms with van der Waals surface area (Å²) in [6.07, 6.45) is -0.163. The maximum Gasteiger partial charge on any atom is 0.329 e. The number of carboxylic acids is 1. The Morgan fingerprint density at radius 1 is 0.837 bits per heavy atom. The molecule has 0 aliphatic carbocycles. The molecular weight excluding hydrogens is 552 g/mol. The van der Waals surface area contributed by atoms with E-state index in [0.717, 1.165) is 10.5 Å². The van der Waals surface area contributed by atoms with Gasteiger partial charge in [-0.15, -0.1) is 0 Å². The molecule has 4 N–H and O–H groups in total. The van der Waals surface area contributed by atoms with Crippen LogP contribution in [0.5, 0.6) is 0 Å². The van der Waals surface area contributed by atoms with Crippen LogP contribution in [-0.4, -0.2) is 84.5 Å². The third kappa shape index (κ3) is 14.0. The Bertz CT molecular complexity index is 1050. The summed E-state index contributed by atoms with van der Waals surface area (Å²) in [5.74, 6) is -3.34. The van der Waals surface area contributed by atoms with E-state index in [1.165, 1.54) is 7.05 Å². The number of ether oxygens (including phenoxy) is 1. The van der Waals surface area contributed by atoms with Crippen LogP contribution in [0, 0.1) is 17.8 Å². The van der Waals surface area contributed by atoms with Crippen molar-refractivity contribution in [3.05, 3.63) is 35.9 Å². The summed E-state index contributed by atoms with van der Waals surface area (Å²) in [6.45, 7) is 11.8. The zero-order chi connectivity index (χ0) is 32.7. The van der Waals surface area contributed by atoms with Crippen molar-refractivity contribution in [1.29, 1.82) is 0 Å². The summed E-state index contributed by atoms with van der Waals surface area (Å²) >= 11 is 0. The number of rotatable bonds is 19. The molecule has 0 spiro atoms. The van der Waals surface area contributed by atoms with E-state index < -0.39 is 48.0 Å². The molecule has 0 aliphatic heterocycles. The normalized spacial score (nSPS) is 14.1. The summed E-state index contributed by atoms with van der Waals surface area (Å²) in [5, 5.41) is 18.3. The van der Waals surface area contributed by atoms with Gasteiger partial charge in [-0.2, -0.15) is 0 Å². The van der Waals surface area contributed by atoms with Crippen molar-refractivity contribution in [3.63, 3.8) is 0 Å². The Balaban J connectivity index is 3.17. The standard InChI is InChI=1S/C32H52N4O7/c1-20(2)16-24(34-28(37)14-15-33-7)29(38)35-25(17-21(3)4)32(42)43-27(18-22(5)6)30(39)36(8)26(31(40)41)19-23-12-10-9-11-13-23/h9-13,20-22,24-27,33H,14-19H2,1-8H3,(H,34,37)(H,35,38)(H,40,41)/t24-,25+,26+,27+/m1/s1. The summed E-state index contributed by atoms with van der Waals surface area (Å²) in [5.41, 5.74) is 0.751. The Morgan fingerprint density at radius 2 is 1.40 bits per heavy atom. The summed E-state index contributed by atoms with van der Waals surface area (Å²) in [7, 11) is 3.12. The number of hydrogen-bond acceptors (Lipinski definition) is 7. The molecule has 0 aliphatic rings. The van der Waals surface area contributed by atoms with E-state index in [1.807, 2.05) is 47.6 Å². The summed E-state index contributed by atoms with van der Waals surface area (Å²) in [4.78, 5) is 66.1. The van der Waals surface area contributed by atoms with Gasteiger partial charge in [0.05, 0.1) is 0 Å². The average molecular weight is 605 g/mol. The zero-order valence-corrected chi connectivity index (χ0v) is 27.0. The molecule has 0 radical (unpaired) electrons. The van der Waals surface area contributed by atoms with Gasteiger partial charge in [0.2, 0.25) is 11.8 Å². The zero-order valence-electron chi connectivity index (χ0n) is 27.0. The molecule has 0 aromatic heterocycles. The van der Waals surface area contributed by atoms with Gasteiger partial charge in [-0.3, -0.25) is 14.4 Å². The molecule has 0 bridgehead atoms. The average Bonchev–Trinajstić information content (AvgIpc) is 2.92. The van der Waals surface area contributed by atoms with E-state index in [9.17, 15) is 29.1 Å². The molecular formula is C32H52N4O7. The minimum atomic E-state index is -1.24. The monoisotopic (exact) mass is 604 g/mol. The maximum atomic E-state index is 13.6. The fourth-order valence-corrected chi connectivity index (χ4v) is 4.62. The van der Waals surface area contributed by atoms with Gasteiger partial charge in [-0.1, -0.05) is 71.9 Å². The van der Waals surface area contributed by atoms with E-state index >= 15 is 0 Å². The molecule has 242 valence electrons. The number of amides is 3.